The van der Waals surface area contributed by atoms with Crippen molar-refractivity contribution in [2.45, 2.75) is 39.3 Å². The molecule has 0 aromatic heterocycles. The average Bonchev–Trinajstić information content (AvgIpc) is 2.54. The van der Waals surface area contributed by atoms with Crippen molar-refractivity contribution in [3.8, 4) is 0 Å². The van der Waals surface area contributed by atoms with Gasteiger partial charge in [0.1, 0.15) is 5.76 Å². The molecule has 0 radical (unpaired) electrons. The van der Waals surface area contributed by atoms with Crippen LogP contribution in [0.3, 0.4) is 0 Å². The third-order valence-corrected chi connectivity index (χ3v) is 3.35. The number of ether oxygens (including phenoxy) is 1. The molecule has 0 saturated heterocycles. The molecule has 0 saturated carbocycles. The highest BCUT2D eigenvalue weighted by Gasteiger charge is 2.44. The monoisotopic (exact) mass is 249 g/mol. The van der Waals surface area contributed by atoms with Gasteiger partial charge >= 0.3 is 0 Å². The fourth-order valence-electron chi connectivity index (χ4n) is 2.75. The summed E-state index contributed by atoms with van der Waals surface area (Å²) in [6.45, 7) is 11.4. The molecule has 0 aliphatic carbocycles. The van der Waals surface area contributed by atoms with Gasteiger partial charge in [-0.05, 0) is 33.8 Å². The van der Waals surface area contributed by atoms with E-state index in [4.69, 9.17) is 9.57 Å². The number of nitrogens with zero attached hydrogens (tertiary/aromatic N) is 1. The van der Waals surface area contributed by atoms with Gasteiger partial charge in [-0.1, -0.05) is 6.58 Å². The van der Waals surface area contributed by atoms with Crippen LogP contribution in [0.15, 0.2) is 35.3 Å². The number of allylic oxidation sites excluding steroid dienone is 1. The van der Waals surface area contributed by atoms with Gasteiger partial charge in [0.2, 0.25) is 0 Å². The molecule has 18 heavy (non-hydrogen) atoms. The van der Waals surface area contributed by atoms with Crippen LogP contribution in [0, 0.1) is 0 Å². The van der Waals surface area contributed by atoms with Gasteiger partial charge in [-0.15, -0.1) is 0 Å². The van der Waals surface area contributed by atoms with E-state index >= 15 is 0 Å². The van der Waals surface area contributed by atoms with Crippen LogP contribution >= 0.6 is 0 Å². The highest BCUT2D eigenvalue weighted by molar-refractivity contribution is 5.99. The van der Waals surface area contributed by atoms with E-state index in [1.807, 2.05) is 26.8 Å². The molecule has 1 atom stereocenters. The Labute approximate surface area is 108 Å². The number of fused-ring (bicyclic) bond motifs is 1. The quantitative estimate of drug-likeness (QED) is 0.753. The predicted octanol–water partition coefficient (Wildman–Crippen LogP) is 2.34. The van der Waals surface area contributed by atoms with Crippen molar-refractivity contribution in [3.05, 3.63) is 35.3 Å². The summed E-state index contributed by atoms with van der Waals surface area (Å²) in [4.78, 5) is 17.1. The number of hydroxylamine groups is 2. The van der Waals surface area contributed by atoms with E-state index in [2.05, 4.69) is 6.58 Å². The molecule has 0 fully saturated rings. The van der Waals surface area contributed by atoms with Crippen molar-refractivity contribution < 1.29 is 14.4 Å². The third-order valence-electron chi connectivity index (χ3n) is 3.35. The first kappa shape index (κ1) is 12.9. The standard InChI is InChI=1S/C14H19NO3/c1-8-13-11(7-14(4,5)15(8)17-6)12(9(2)16)10(3)18-13/h7,13H,1H2,2-6H3. The van der Waals surface area contributed by atoms with Crippen molar-refractivity contribution in [2.75, 3.05) is 7.11 Å². The lowest BCUT2D eigenvalue weighted by Crippen LogP contribution is -2.47. The predicted molar refractivity (Wildman–Crippen MR) is 68.4 cm³/mol. The molecular weight excluding hydrogens is 230 g/mol. The zero-order valence-electron chi connectivity index (χ0n) is 11.5. The van der Waals surface area contributed by atoms with Gasteiger partial charge in [0.25, 0.3) is 0 Å². The Balaban J connectivity index is 2.53. The lowest BCUT2D eigenvalue weighted by atomic mass is 9.87. The van der Waals surface area contributed by atoms with E-state index in [1.165, 1.54) is 0 Å². The molecule has 0 bridgehead atoms. The minimum absolute atomic E-state index is 0.0238. The first-order chi connectivity index (χ1) is 8.29. The summed E-state index contributed by atoms with van der Waals surface area (Å²) in [5, 5.41) is 1.72. The molecule has 98 valence electrons. The lowest BCUT2D eigenvalue weighted by molar-refractivity contribution is -0.162. The molecule has 2 heterocycles. The Kier molecular flexibility index (Phi) is 2.86. The zero-order valence-corrected chi connectivity index (χ0v) is 11.5. The van der Waals surface area contributed by atoms with Crippen LogP contribution in [-0.2, 0) is 14.4 Å². The summed E-state index contributed by atoms with van der Waals surface area (Å²) in [5.41, 5.74) is 1.94. The van der Waals surface area contributed by atoms with Crippen molar-refractivity contribution in [1.29, 1.82) is 0 Å². The van der Waals surface area contributed by atoms with Crippen LogP contribution in [0.2, 0.25) is 0 Å². The number of rotatable bonds is 2. The molecule has 1 unspecified atom stereocenters. The van der Waals surface area contributed by atoms with Gasteiger partial charge in [0.05, 0.1) is 23.9 Å². The Hall–Kier alpha value is -1.55. The van der Waals surface area contributed by atoms with Crippen molar-refractivity contribution in [1.82, 2.24) is 5.06 Å². The maximum absolute atomic E-state index is 11.7. The van der Waals surface area contributed by atoms with Crippen LogP contribution in [0.4, 0.5) is 0 Å². The van der Waals surface area contributed by atoms with E-state index in [1.54, 1.807) is 19.1 Å². The smallest absolute Gasteiger partial charge is 0.165 e. The van der Waals surface area contributed by atoms with Crippen molar-refractivity contribution >= 4 is 5.78 Å². The van der Waals surface area contributed by atoms with Crippen molar-refractivity contribution in [2.24, 2.45) is 0 Å². The van der Waals surface area contributed by atoms with E-state index in [0.29, 0.717) is 11.3 Å². The fourth-order valence-corrected chi connectivity index (χ4v) is 2.75. The van der Waals surface area contributed by atoms with Crippen LogP contribution in [0.25, 0.3) is 0 Å². The van der Waals surface area contributed by atoms with Crippen LogP contribution in [0.1, 0.15) is 27.7 Å². The molecule has 2 aliphatic heterocycles. The second kappa shape index (κ2) is 3.99. The summed E-state index contributed by atoms with van der Waals surface area (Å²) >= 11 is 0. The molecule has 0 N–H and O–H groups in total. The fraction of sp³-hybridized carbons (Fsp3) is 0.500. The Bertz CT molecular complexity index is 485. The van der Waals surface area contributed by atoms with Gasteiger partial charge in [-0.2, -0.15) is 0 Å². The SMILES string of the molecule is C=C1C2OC(C)=C(C(C)=O)C2=CC(C)(C)N1OC. The minimum atomic E-state index is -0.355. The second-order valence-corrected chi connectivity index (χ2v) is 5.21. The van der Waals surface area contributed by atoms with Crippen LogP contribution < -0.4 is 0 Å². The van der Waals surface area contributed by atoms with Crippen LogP contribution in [-0.4, -0.2) is 29.6 Å². The summed E-state index contributed by atoms with van der Waals surface area (Å²) < 4.78 is 5.75. The molecule has 2 rings (SSSR count). The van der Waals surface area contributed by atoms with Gasteiger partial charge in [0, 0.05) is 5.57 Å². The number of hydrogen-bond acceptors (Lipinski definition) is 4. The Morgan fingerprint density at radius 2 is 2.17 bits per heavy atom. The highest BCUT2D eigenvalue weighted by atomic mass is 16.7. The van der Waals surface area contributed by atoms with E-state index in [0.717, 1.165) is 11.3 Å². The first-order valence-corrected chi connectivity index (χ1v) is 5.94. The second-order valence-electron chi connectivity index (χ2n) is 5.21. The van der Waals surface area contributed by atoms with Gasteiger partial charge < -0.3 is 4.74 Å². The maximum Gasteiger partial charge on any atom is 0.165 e. The lowest BCUT2D eigenvalue weighted by Gasteiger charge is -2.42. The molecular formula is C14H19NO3. The summed E-state index contributed by atoms with van der Waals surface area (Å²) in [6, 6.07) is 0. The Morgan fingerprint density at radius 3 is 2.67 bits per heavy atom. The van der Waals surface area contributed by atoms with Crippen LogP contribution in [0.5, 0.6) is 0 Å². The Morgan fingerprint density at radius 1 is 1.56 bits per heavy atom. The largest absolute Gasteiger partial charge is 0.483 e. The number of ketones is 1. The number of carbonyl (C=O) groups excluding carboxylic acids is 1. The topological polar surface area (TPSA) is 38.8 Å². The van der Waals surface area contributed by atoms with E-state index in [9.17, 15) is 4.79 Å². The van der Waals surface area contributed by atoms with E-state index in [-0.39, 0.29) is 17.4 Å². The summed E-state index contributed by atoms with van der Waals surface area (Å²) in [6.07, 6.45) is 1.71. The van der Waals surface area contributed by atoms with E-state index < -0.39 is 0 Å². The molecule has 0 amide bonds. The number of Topliss-reactive ketones (excluding diaryl/α,β-unsaturated/α-hetero) is 1. The van der Waals surface area contributed by atoms with Gasteiger partial charge in [0.15, 0.2) is 11.9 Å². The number of hydrogen-bond donors (Lipinski definition) is 0. The summed E-state index contributed by atoms with van der Waals surface area (Å²) in [7, 11) is 1.60. The molecule has 0 aromatic carbocycles. The average molecular weight is 249 g/mol. The third kappa shape index (κ3) is 1.68. The van der Waals surface area contributed by atoms with Gasteiger partial charge in [-0.3, -0.25) is 9.63 Å². The molecule has 0 spiro atoms. The number of carbonyl (C=O) groups is 1. The highest BCUT2D eigenvalue weighted by Crippen LogP contribution is 2.42. The van der Waals surface area contributed by atoms with Gasteiger partial charge in [-0.25, -0.2) is 5.06 Å². The minimum Gasteiger partial charge on any atom is -0.483 e. The molecule has 0 aromatic rings. The molecule has 4 nitrogen and oxygen atoms in total. The first-order valence-electron chi connectivity index (χ1n) is 5.94. The molecule has 2 aliphatic rings. The molecule has 4 heteroatoms. The summed E-state index contributed by atoms with van der Waals surface area (Å²) in [5.74, 6) is 0.685. The van der Waals surface area contributed by atoms with Crippen molar-refractivity contribution in [3.63, 3.8) is 0 Å². The maximum atomic E-state index is 11.7. The zero-order chi connectivity index (χ0) is 13.7. The normalized spacial score (nSPS) is 25.8.